The molecule has 0 saturated carbocycles. The van der Waals surface area contributed by atoms with E-state index in [9.17, 15) is 5.26 Å². The van der Waals surface area contributed by atoms with Crippen LogP contribution in [0.3, 0.4) is 0 Å². The lowest BCUT2D eigenvalue weighted by Crippen LogP contribution is -2.40. The van der Waals surface area contributed by atoms with Crippen molar-refractivity contribution in [2.45, 2.75) is 35.6 Å². The van der Waals surface area contributed by atoms with Crippen LogP contribution >= 0.6 is 23.4 Å². The fourth-order valence-electron chi connectivity index (χ4n) is 3.77. The van der Waals surface area contributed by atoms with E-state index in [0.29, 0.717) is 11.6 Å². The number of hydrogen-bond acceptors (Lipinski definition) is 4. The molecule has 3 nitrogen and oxygen atoms in total. The van der Waals surface area contributed by atoms with Crippen LogP contribution < -0.4 is 4.90 Å². The molecule has 0 aliphatic carbocycles. The maximum absolute atomic E-state index is 9.32. The minimum atomic E-state index is 0.326. The Morgan fingerprint density at radius 1 is 1.12 bits per heavy atom. The van der Waals surface area contributed by atoms with Gasteiger partial charge in [-0.25, -0.2) is 0 Å². The van der Waals surface area contributed by atoms with E-state index in [1.54, 1.807) is 11.8 Å². The van der Waals surface area contributed by atoms with Gasteiger partial charge in [0, 0.05) is 27.4 Å². The molecule has 0 unspecified atom stereocenters. The van der Waals surface area contributed by atoms with Crippen LogP contribution in [0.15, 0.2) is 46.2 Å². The molecule has 0 bridgehead atoms. The Bertz CT molecular complexity index is 839. The van der Waals surface area contributed by atoms with Gasteiger partial charge in [-0.15, -0.1) is 0 Å². The lowest BCUT2D eigenvalue weighted by molar-refractivity contribution is 0.319. The Labute approximate surface area is 158 Å². The van der Waals surface area contributed by atoms with Gasteiger partial charge in [0.1, 0.15) is 0 Å². The molecule has 2 aliphatic heterocycles. The summed E-state index contributed by atoms with van der Waals surface area (Å²) in [5, 5.41) is 10.1. The highest BCUT2D eigenvalue weighted by atomic mass is 35.5. The van der Waals surface area contributed by atoms with Crippen LogP contribution in [0.5, 0.6) is 0 Å². The zero-order valence-electron chi connectivity index (χ0n) is 14.2. The van der Waals surface area contributed by atoms with Gasteiger partial charge in [-0.05, 0) is 69.3 Å². The third-order valence-corrected chi connectivity index (χ3v) is 6.26. The third kappa shape index (κ3) is 3.25. The molecule has 1 saturated heterocycles. The summed E-state index contributed by atoms with van der Waals surface area (Å²) >= 11 is 7.96. The first-order chi connectivity index (χ1) is 12.2. The summed E-state index contributed by atoms with van der Waals surface area (Å²) in [4.78, 5) is 7.28. The molecule has 2 aromatic rings. The molecule has 4 rings (SSSR count). The van der Waals surface area contributed by atoms with Gasteiger partial charge in [0.05, 0.1) is 23.0 Å². The molecule has 0 aromatic heterocycles. The average Bonchev–Trinajstić information content (AvgIpc) is 3.11. The molecule has 0 amide bonds. The maximum atomic E-state index is 9.32. The van der Waals surface area contributed by atoms with Gasteiger partial charge in [0.25, 0.3) is 0 Å². The molecule has 0 N–H and O–H groups in total. The second-order valence-electron chi connectivity index (χ2n) is 6.74. The first-order valence-corrected chi connectivity index (χ1v) is 9.88. The zero-order chi connectivity index (χ0) is 17.4. The quantitative estimate of drug-likeness (QED) is 0.734. The van der Waals surface area contributed by atoms with Crippen molar-refractivity contribution in [2.24, 2.45) is 0 Å². The topological polar surface area (TPSA) is 30.3 Å². The molecule has 5 heteroatoms. The van der Waals surface area contributed by atoms with Crippen molar-refractivity contribution in [3.8, 4) is 6.07 Å². The summed E-state index contributed by atoms with van der Waals surface area (Å²) in [5.41, 5.74) is 3.02. The van der Waals surface area contributed by atoms with Gasteiger partial charge < -0.3 is 9.80 Å². The molecule has 0 spiro atoms. The van der Waals surface area contributed by atoms with Gasteiger partial charge in [-0.3, -0.25) is 0 Å². The molecule has 128 valence electrons. The van der Waals surface area contributed by atoms with E-state index in [1.807, 2.05) is 24.3 Å². The van der Waals surface area contributed by atoms with Gasteiger partial charge in [-0.1, -0.05) is 23.4 Å². The highest BCUT2D eigenvalue weighted by Crippen LogP contribution is 2.50. The van der Waals surface area contributed by atoms with Crippen LogP contribution in [0.2, 0.25) is 5.02 Å². The zero-order valence-corrected chi connectivity index (χ0v) is 15.8. The first kappa shape index (κ1) is 16.8. The van der Waals surface area contributed by atoms with Crippen molar-refractivity contribution in [2.75, 3.05) is 24.5 Å². The highest BCUT2D eigenvalue weighted by Gasteiger charge is 2.29. The van der Waals surface area contributed by atoms with Crippen molar-refractivity contribution >= 4 is 34.7 Å². The minimum absolute atomic E-state index is 0.326. The number of hydrogen-bond donors (Lipinski definition) is 0. The van der Waals surface area contributed by atoms with Crippen LogP contribution in [0.4, 0.5) is 11.4 Å². The number of benzene rings is 2. The molecule has 1 atom stereocenters. The standard InChI is InChI=1S/C20H20ClN3S/c1-14(13-23-8-2-3-9-23)24-17-6-5-16(21)11-20(17)25-19-7-4-15(12-22)10-18(19)24/h4-7,10-11,14H,2-3,8-9,13H2,1H3/t14-/m1/s1. The number of rotatable bonds is 3. The Kier molecular flexibility index (Phi) is 4.64. The van der Waals surface area contributed by atoms with Crippen molar-refractivity contribution in [1.82, 2.24) is 4.90 Å². The number of fused-ring (bicyclic) bond motifs is 2. The minimum Gasteiger partial charge on any atom is -0.335 e. The number of nitriles is 1. The molecular formula is C20H20ClN3S. The van der Waals surface area contributed by atoms with Gasteiger partial charge >= 0.3 is 0 Å². The lowest BCUT2D eigenvalue weighted by atomic mass is 10.1. The van der Waals surface area contributed by atoms with Gasteiger partial charge in [0.15, 0.2) is 0 Å². The van der Waals surface area contributed by atoms with E-state index >= 15 is 0 Å². The summed E-state index contributed by atoms with van der Waals surface area (Å²) in [6.45, 7) is 5.68. The van der Waals surface area contributed by atoms with E-state index in [-0.39, 0.29) is 0 Å². The van der Waals surface area contributed by atoms with E-state index in [0.717, 1.165) is 17.3 Å². The first-order valence-electron chi connectivity index (χ1n) is 8.69. The van der Waals surface area contributed by atoms with E-state index in [4.69, 9.17) is 11.6 Å². The largest absolute Gasteiger partial charge is 0.335 e. The number of likely N-dealkylation sites (tertiary alicyclic amines) is 1. The van der Waals surface area contributed by atoms with Crippen LogP contribution in [0.25, 0.3) is 0 Å². The van der Waals surface area contributed by atoms with Crippen LogP contribution in [-0.2, 0) is 0 Å². The summed E-state index contributed by atoms with van der Waals surface area (Å²) < 4.78 is 0. The lowest BCUT2D eigenvalue weighted by Gasteiger charge is -2.39. The van der Waals surface area contributed by atoms with Crippen molar-refractivity contribution < 1.29 is 0 Å². The second kappa shape index (κ2) is 6.92. The highest BCUT2D eigenvalue weighted by molar-refractivity contribution is 7.99. The molecule has 2 aliphatic rings. The van der Waals surface area contributed by atoms with E-state index in [1.165, 1.54) is 41.4 Å². The SMILES string of the molecule is C[C@H](CN1CCCC1)N1c2ccc(Cl)cc2Sc2ccc(C#N)cc21. The van der Waals surface area contributed by atoms with Crippen LogP contribution in [-0.4, -0.2) is 30.6 Å². The normalized spacial score (nSPS) is 17.7. The Morgan fingerprint density at radius 2 is 1.92 bits per heavy atom. The summed E-state index contributed by atoms with van der Waals surface area (Å²) in [7, 11) is 0. The fourth-order valence-corrected chi connectivity index (χ4v) is 5.10. The van der Waals surface area contributed by atoms with Crippen LogP contribution in [0.1, 0.15) is 25.3 Å². The Hall–Kier alpha value is -1.67. The van der Waals surface area contributed by atoms with Crippen molar-refractivity contribution in [3.05, 3.63) is 47.0 Å². The third-order valence-electron chi connectivity index (χ3n) is 4.91. The predicted octanol–water partition coefficient (Wildman–Crippen LogP) is 5.30. The molecule has 1 fully saturated rings. The monoisotopic (exact) mass is 369 g/mol. The number of anilines is 2. The molecule has 2 aromatic carbocycles. The van der Waals surface area contributed by atoms with Crippen molar-refractivity contribution in [3.63, 3.8) is 0 Å². The van der Waals surface area contributed by atoms with E-state index in [2.05, 4.69) is 34.9 Å². The summed E-state index contributed by atoms with van der Waals surface area (Å²) in [6.07, 6.45) is 2.59. The number of nitrogens with zero attached hydrogens (tertiary/aromatic N) is 3. The molecule has 25 heavy (non-hydrogen) atoms. The average molecular weight is 370 g/mol. The Morgan fingerprint density at radius 3 is 2.68 bits per heavy atom. The fraction of sp³-hybridized carbons (Fsp3) is 0.350. The second-order valence-corrected chi connectivity index (χ2v) is 8.26. The van der Waals surface area contributed by atoms with Crippen LogP contribution in [0, 0.1) is 11.3 Å². The molecular weight excluding hydrogens is 350 g/mol. The molecule has 2 heterocycles. The smallest absolute Gasteiger partial charge is 0.0992 e. The van der Waals surface area contributed by atoms with Crippen molar-refractivity contribution in [1.29, 1.82) is 5.26 Å². The predicted molar refractivity (Wildman–Crippen MR) is 104 cm³/mol. The van der Waals surface area contributed by atoms with E-state index < -0.39 is 0 Å². The summed E-state index contributed by atoms with van der Waals surface area (Å²) in [5.74, 6) is 0. The number of halogens is 1. The Balaban J connectivity index is 1.76. The van der Waals surface area contributed by atoms with Gasteiger partial charge in [-0.2, -0.15) is 5.26 Å². The van der Waals surface area contributed by atoms with Gasteiger partial charge in [0.2, 0.25) is 0 Å². The maximum Gasteiger partial charge on any atom is 0.0992 e. The molecule has 0 radical (unpaired) electrons. The summed E-state index contributed by atoms with van der Waals surface area (Å²) in [6, 6.07) is 14.7.